The molecule has 0 unspecified atom stereocenters. The second-order valence-electron chi connectivity index (χ2n) is 7.36. The van der Waals surface area contributed by atoms with E-state index < -0.39 is 11.9 Å². The van der Waals surface area contributed by atoms with Gasteiger partial charge in [-0.1, -0.05) is 30.3 Å². The number of nitrogens with two attached hydrogens (primary N) is 2. The van der Waals surface area contributed by atoms with E-state index in [1.54, 1.807) is 24.9 Å². The first kappa shape index (κ1) is 26.1. The Morgan fingerprint density at radius 3 is 2.47 bits per heavy atom. The number of amides is 2. The number of anilines is 1. The van der Waals surface area contributed by atoms with E-state index >= 15 is 0 Å². The summed E-state index contributed by atoms with van der Waals surface area (Å²) in [5, 5.41) is 14.9. The number of ether oxygens (including phenoxy) is 1. The maximum atomic E-state index is 12.7. The molecular formula is C22H26ClN7O4. The summed E-state index contributed by atoms with van der Waals surface area (Å²) >= 11 is 0. The number of carbonyl (C=O) groups is 3. The van der Waals surface area contributed by atoms with Crippen molar-refractivity contribution in [3.63, 3.8) is 0 Å². The van der Waals surface area contributed by atoms with Gasteiger partial charge in [0.15, 0.2) is 5.69 Å². The van der Waals surface area contributed by atoms with Crippen LogP contribution in [0.25, 0.3) is 0 Å². The standard InChI is InChI=1S/C22H25N7O4.ClH/c1-28-12-15(10-17(28)20(30)25-9-8-19(23)24)26-21(31)18-11-16(27-29(18)2)22(32)33-13-14-6-4-3-5-7-14;/h3-7,10-12H,8-9,13H2,1-2H3,(H3,23,24)(H,25,30)(H,26,31);1H. The molecule has 3 rings (SSSR count). The average Bonchev–Trinajstić information content (AvgIpc) is 3.34. The SMILES string of the molecule is Cn1cc(NC(=O)c2cc(C(=O)OCc3ccccc3)nn2C)cc1C(=O)NCCC(N)=[NH2+].[Cl-]. The molecule has 0 spiro atoms. The summed E-state index contributed by atoms with van der Waals surface area (Å²) in [7, 11) is 3.23. The fraction of sp³-hybridized carbons (Fsp3) is 0.227. The van der Waals surface area contributed by atoms with Gasteiger partial charge in [-0.15, -0.1) is 0 Å². The van der Waals surface area contributed by atoms with Crippen LogP contribution in [0.2, 0.25) is 0 Å². The van der Waals surface area contributed by atoms with Crippen molar-refractivity contribution in [2.24, 2.45) is 19.8 Å². The molecule has 0 bridgehead atoms. The van der Waals surface area contributed by atoms with Crippen LogP contribution in [0.15, 0.2) is 48.7 Å². The molecule has 1 aromatic carbocycles. The summed E-state index contributed by atoms with van der Waals surface area (Å²) in [6.07, 6.45) is 1.96. The first-order chi connectivity index (χ1) is 15.7. The van der Waals surface area contributed by atoms with Gasteiger partial charge in [-0.2, -0.15) is 5.10 Å². The monoisotopic (exact) mass is 487 g/mol. The molecule has 11 nitrogen and oxygen atoms in total. The van der Waals surface area contributed by atoms with Crippen molar-refractivity contribution in [3.05, 3.63) is 71.3 Å². The average molecular weight is 488 g/mol. The van der Waals surface area contributed by atoms with Gasteiger partial charge in [0, 0.05) is 32.9 Å². The van der Waals surface area contributed by atoms with Crippen molar-refractivity contribution in [2.45, 2.75) is 13.0 Å². The summed E-state index contributed by atoms with van der Waals surface area (Å²) in [4.78, 5) is 37.4. The van der Waals surface area contributed by atoms with Crippen molar-refractivity contribution in [1.29, 1.82) is 0 Å². The Hall–Kier alpha value is -4.12. The number of carbonyl (C=O) groups excluding carboxylic acids is 3. The fourth-order valence-corrected chi connectivity index (χ4v) is 3.04. The maximum Gasteiger partial charge on any atom is 0.359 e. The van der Waals surface area contributed by atoms with Crippen molar-refractivity contribution in [2.75, 3.05) is 11.9 Å². The van der Waals surface area contributed by atoms with Crippen molar-refractivity contribution < 1.29 is 36.9 Å². The van der Waals surface area contributed by atoms with Crippen LogP contribution in [0, 0.1) is 0 Å². The zero-order valence-corrected chi connectivity index (χ0v) is 19.5. The van der Waals surface area contributed by atoms with Gasteiger partial charge >= 0.3 is 5.97 Å². The number of benzene rings is 1. The van der Waals surface area contributed by atoms with Gasteiger partial charge in [0.2, 0.25) is 5.84 Å². The highest BCUT2D eigenvalue weighted by atomic mass is 35.5. The number of aromatic nitrogens is 3. The van der Waals surface area contributed by atoms with Gasteiger partial charge in [0.1, 0.15) is 18.0 Å². The van der Waals surface area contributed by atoms with Crippen LogP contribution >= 0.6 is 0 Å². The molecule has 2 heterocycles. The minimum Gasteiger partial charge on any atom is -1.00 e. The molecular weight excluding hydrogens is 462 g/mol. The van der Waals surface area contributed by atoms with E-state index in [9.17, 15) is 14.4 Å². The molecule has 0 aliphatic heterocycles. The number of aryl methyl sites for hydroxylation is 2. The number of nitrogens with one attached hydrogen (secondary N) is 2. The molecule has 12 heteroatoms. The lowest BCUT2D eigenvalue weighted by Gasteiger charge is -2.03. The molecule has 0 saturated carbocycles. The van der Waals surface area contributed by atoms with Crippen LogP contribution in [0.5, 0.6) is 0 Å². The molecule has 180 valence electrons. The molecule has 0 atom stereocenters. The second kappa shape index (κ2) is 11.7. The minimum atomic E-state index is -0.637. The molecule has 0 aliphatic rings. The van der Waals surface area contributed by atoms with Crippen molar-refractivity contribution >= 4 is 29.3 Å². The smallest absolute Gasteiger partial charge is 0.359 e. The van der Waals surface area contributed by atoms with Crippen molar-refractivity contribution in [3.8, 4) is 0 Å². The zero-order valence-electron chi connectivity index (χ0n) is 18.7. The number of hydrogen-bond acceptors (Lipinski definition) is 5. The van der Waals surface area contributed by atoms with Crippen LogP contribution in [0.3, 0.4) is 0 Å². The minimum absolute atomic E-state index is 0. The van der Waals surface area contributed by atoms with Gasteiger partial charge in [-0.25, -0.2) is 4.79 Å². The van der Waals surface area contributed by atoms with E-state index in [0.29, 0.717) is 24.3 Å². The lowest BCUT2D eigenvalue weighted by Crippen LogP contribution is -3.00. The van der Waals surface area contributed by atoms with Crippen LogP contribution in [-0.2, 0) is 25.4 Å². The molecule has 34 heavy (non-hydrogen) atoms. The van der Waals surface area contributed by atoms with Crippen LogP contribution in [-0.4, -0.2) is 44.5 Å². The van der Waals surface area contributed by atoms with Gasteiger partial charge in [0.05, 0.1) is 12.1 Å². The molecule has 0 radical (unpaired) electrons. The molecule has 2 aromatic heterocycles. The summed E-state index contributed by atoms with van der Waals surface area (Å²) in [5.74, 6) is -1.23. The zero-order chi connectivity index (χ0) is 24.0. The largest absolute Gasteiger partial charge is 1.00 e. The van der Waals surface area contributed by atoms with E-state index in [2.05, 4.69) is 15.7 Å². The van der Waals surface area contributed by atoms with Crippen LogP contribution in [0.1, 0.15) is 43.4 Å². The summed E-state index contributed by atoms with van der Waals surface area (Å²) in [6.45, 7) is 0.398. The van der Waals surface area contributed by atoms with E-state index in [1.807, 2.05) is 30.3 Å². The Kier molecular flexibility index (Phi) is 8.96. The van der Waals surface area contributed by atoms with Gasteiger partial charge in [-0.05, 0) is 11.6 Å². The Morgan fingerprint density at radius 2 is 1.79 bits per heavy atom. The Labute approximate surface area is 202 Å². The summed E-state index contributed by atoms with van der Waals surface area (Å²) in [6, 6.07) is 12.1. The number of hydrogen-bond donors (Lipinski definition) is 4. The third-order valence-electron chi connectivity index (χ3n) is 4.73. The number of amidine groups is 1. The second-order valence-corrected chi connectivity index (χ2v) is 7.36. The third-order valence-corrected chi connectivity index (χ3v) is 4.73. The molecule has 6 N–H and O–H groups in total. The highest BCUT2D eigenvalue weighted by Gasteiger charge is 2.20. The predicted molar refractivity (Wildman–Crippen MR) is 120 cm³/mol. The van der Waals surface area contributed by atoms with Crippen LogP contribution < -0.4 is 34.2 Å². The topological polar surface area (TPSA) is 159 Å². The summed E-state index contributed by atoms with van der Waals surface area (Å²) in [5.41, 5.74) is 7.16. The van der Waals surface area contributed by atoms with Crippen LogP contribution in [0.4, 0.5) is 5.69 Å². The number of esters is 1. The molecule has 0 fully saturated rings. The number of nitrogens with zero attached hydrogens (tertiary/aromatic N) is 3. The molecule has 0 aliphatic carbocycles. The van der Waals surface area contributed by atoms with Gasteiger partial charge in [-0.3, -0.25) is 25.4 Å². The first-order valence-corrected chi connectivity index (χ1v) is 10.1. The molecule has 3 aromatic rings. The van der Waals surface area contributed by atoms with E-state index in [4.69, 9.17) is 15.9 Å². The highest BCUT2D eigenvalue weighted by Crippen LogP contribution is 2.15. The molecule has 0 saturated heterocycles. The maximum absolute atomic E-state index is 12.7. The van der Waals surface area contributed by atoms with E-state index in [0.717, 1.165) is 5.56 Å². The molecule has 2 amide bonds. The summed E-state index contributed by atoms with van der Waals surface area (Å²) < 4.78 is 8.13. The third kappa shape index (κ3) is 6.69. The quantitative estimate of drug-likeness (QED) is 0.140. The normalized spacial score (nSPS) is 10.2. The van der Waals surface area contributed by atoms with E-state index in [1.165, 1.54) is 16.8 Å². The Morgan fingerprint density at radius 1 is 1.09 bits per heavy atom. The lowest BCUT2D eigenvalue weighted by atomic mass is 10.2. The predicted octanol–water partition coefficient (Wildman–Crippen LogP) is -3.39. The van der Waals surface area contributed by atoms with Gasteiger partial charge < -0.3 is 32.3 Å². The van der Waals surface area contributed by atoms with E-state index in [-0.39, 0.29) is 42.1 Å². The van der Waals surface area contributed by atoms with Gasteiger partial charge in [0.25, 0.3) is 11.8 Å². The van der Waals surface area contributed by atoms with Crippen molar-refractivity contribution in [1.82, 2.24) is 19.7 Å². The Bertz CT molecular complexity index is 1190. The lowest BCUT2D eigenvalue weighted by molar-refractivity contribution is -0.117. The first-order valence-electron chi connectivity index (χ1n) is 10.1. The fourth-order valence-electron chi connectivity index (χ4n) is 3.04. The Balaban J connectivity index is 0.00000408. The highest BCUT2D eigenvalue weighted by molar-refractivity contribution is 6.05. The number of halogens is 1. The number of rotatable bonds is 9.